The number of hydrogen-bond acceptors (Lipinski definition) is 5. The van der Waals surface area contributed by atoms with Crippen molar-refractivity contribution in [3.05, 3.63) is 11.8 Å². The van der Waals surface area contributed by atoms with Gasteiger partial charge < -0.3 is 9.64 Å². The molecule has 0 spiro atoms. The second-order valence-electron chi connectivity index (χ2n) is 5.99. The van der Waals surface area contributed by atoms with E-state index in [1.165, 1.54) is 0 Å². The van der Waals surface area contributed by atoms with Crippen molar-refractivity contribution in [3.8, 4) is 0 Å². The Labute approximate surface area is 124 Å². The normalized spacial score (nSPS) is 22.1. The fourth-order valence-corrected chi connectivity index (χ4v) is 3.01. The summed E-state index contributed by atoms with van der Waals surface area (Å²) in [5.74, 6) is 2.06. The van der Waals surface area contributed by atoms with Gasteiger partial charge in [0.25, 0.3) is 0 Å². The van der Waals surface area contributed by atoms with Crippen molar-refractivity contribution < 1.29 is 9.53 Å². The number of nitrogens with zero attached hydrogens (tertiary/aromatic N) is 4. The Hall–Kier alpha value is -1.69. The first-order valence-electron chi connectivity index (χ1n) is 7.83. The van der Waals surface area contributed by atoms with Crippen molar-refractivity contribution in [3.63, 3.8) is 0 Å². The fraction of sp³-hybridized carbons (Fsp3) is 0.667. The summed E-state index contributed by atoms with van der Waals surface area (Å²) < 4.78 is 5.37. The minimum Gasteiger partial charge on any atom is -0.378 e. The minimum atomic E-state index is 0.234. The Bertz CT molecular complexity index is 553. The first-order chi connectivity index (χ1) is 10.3. The monoisotopic (exact) mass is 288 g/mol. The molecule has 3 aliphatic rings. The van der Waals surface area contributed by atoms with Crippen LogP contribution in [0.1, 0.15) is 24.8 Å². The number of amides is 1. The van der Waals surface area contributed by atoms with Gasteiger partial charge in [-0.3, -0.25) is 9.69 Å². The molecule has 6 heteroatoms. The van der Waals surface area contributed by atoms with E-state index in [4.69, 9.17) is 9.72 Å². The number of ether oxygens (including phenoxy) is 1. The second kappa shape index (κ2) is 5.26. The van der Waals surface area contributed by atoms with Crippen molar-refractivity contribution in [2.24, 2.45) is 5.92 Å². The number of aromatic nitrogens is 2. The summed E-state index contributed by atoms with van der Waals surface area (Å²) >= 11 is 0. The van der Waals surface area contributed by atoms with Crippen molar-refractivity contribution in [1.29, 1.82) is 0 Å². The standard InChI is InChI=1S/C15H20N4O2/c20-14(11-3-4-11)19-5-1-2-12-10-16-15(17-13(12)19)18-6-8-21-9-7-18/h10-11H,1-9H2. The molecule has 0 bridgehead atoms. The van der Waals surface area contributed by atoms with Crippen molar-refractivity contribution in [2.75, 3.05) is 42.6 Å². The lowest BCUT2D eigenvalue weighted by molar-refractivity contribution is -0.119. The molecule has 1 saturated carbocycles. The first-order valence-corrected chi connectivity index (χ1v) is 7.83. The summed E-state index contributed by atoms with van der Waals surface area (Å²) in [7, 11) is 0. The third-order valence-corrected chi connectivity index (χ3v) is 4.40. The number of fused-ring (bicyclic) bond motifs is 1. The SMILES string of the molecule is O=C(C1CC1)N1CCCc2cnc(N3CCOCC3)nc21. The number of rotatable bonds is 2. The van der Waals surface area contributed by atoms with E-state index in [1.807, 2.05) is 11.1 Å². The average Bonchev–Trinajstić information content (AvgIpc) is 3.39. The van der Waals surface area contributed by atoms with E-state index in [2.05, 4.69) is 9.88 Å². The van der Waals surface area contributed by atoms with E-state index in [-0.39, 0.29) is 11.8 Å². The van der Waals surface area contributed by atoms with Crippen LogP contribution in [0.3, 0.4) is 0 Å². The van der Waals surface area contributed by atoms with Crippen LogP contribution in [0.4, 0.5) is 11.8 Å². The average molecular weight is 288 g/mol. The Morgan fingerprint density at radius 3 is 2.81 bits per heavy atom. The van der Waals surface area contributed by atoms with Gasteiger partial charge in [-0.15, -0.1) is 0 Å². The van der Waals surface area contributed by atoms with Gasteiger partial charge in [-0.2, -0.15) is 4.98 Å². The molecule has 4 rings (SSSR count). The molecule has 2 fully saturated rings. The van der Waals surface area contributed by atoms with E-state index < -0.39 is 0 Å². The Morgan fingerprint density at radius 2 is 2.05 bits per heavy atom. The maximum Gasteiger partial charge on any atom is 0.231 e. The van der Waals surface area contributed by atoms with Gasteiger partial charge in [-0.25, -0.2) is 4.98 Å². The highest BCUT2D eigenvalue weighted by Gasteiger charge is 2.36. The van der Waals surface area contributed by atoms with Crippen molar-refractivity contribution in [1.82, 2.24) is 9.97 Å². The van der Waals surface area contributed by atoms with Crippen molar-refractivity contribution >= 4 is 17.7 Å². The van der Waals surface area contributed by atoms with Gasteiger partial charge in [0.15, 0.2) is 0 Å². The van der Waals surface area contributed by atoms with E-state index in [1.54, 1.807) is 0 Å². The van der Waals surface area contributed by atoms with Crippen molar-refractivity contribution in [2.45, 2.75) is 25.7 Å². The lowest BCUT2D eigenvalue weighted by Gasteiger charge is -2.31. The zero-order valence-corrected chi connectivity index (χ0v) is 12.1. The Kier molecular flexibility index (Phi) is 3.25. The molecule has 0 N–H and O–H groups in total. The zero-order chi connectivity index (χ0) is 14.2. The molecular formula is C15H20N4O2. The van der Waals surface area contributed by atoms with E-state index in [9.17, 15) is 4.79 Å². The molecule has 1 aliphatic carbocycles. The third kappa shape index (κ3) is 2.48. The predicted molar refractivity (Wildman–Crippen MR) is 78.5 cm³/mol. The molecular weight excluding hydrogens is 268 g/mol. The maximum atomic E-state index is 12.4. The number of aryl methyl sites for hydroxylation is 1. The fourth-order valence-electron chi connectivity index (χ4n) is 3.01. The highest BCUT2D eigenvalue weighted by molar-refractivity contribution is 5.96. The van der Waals surface area contributed by atoms with Crippen LogP contribution in [0.2, 0.25) is 0 Å². The molecule has 2 aliphatic heterocycles. The summed E-state index contributed by atoms with van der Waals surface area (Å²) in [4.78, 5) is 25.7. The smallest absolute Gasteiger partial charge is 0.231 e. The molecule has 3 heterocycles. The number of anilines is 2. The summed E-state index contributed by atoms with van der Waals surface area (Å²) in [5, 5.41) is 0. The van der Waals surface area contributed by atoms with Gasteiger partial charge in [-0.05, 0) is 25.7 Å². The van der Waals surface area contributed by atoms with Gasteiger partial charge in [-0.1, -0.05) is 0 Å². The van der Waals surface area contributed by atoms with Gasteiger partial charge >= 0.3 is 0 Å². The first kappa shape index (κ1) is 13.0. The maximum absolute atomic E-state index is 12.4. The zero-order valence-electron chi connectivity index (χ0n) is 12.1. The molecule has 1 aromatic heterocycles. The number of morpholine rings is 1. The van der Waals surface area contributed by atoms with E-state index >= 15 is 0 Å². The molecule has 1 saturated heterocycles. The van der Waals surface area contributed by atoms with E-state index in [0.29, 0.717) is 13.2 Å². The highest BCUT2D eigenvalue weighted by atomic mass is 16.5. The Balaban J connectivity index is 1.64. The summed E-state index contributed by atoms with van der Waals surface area (Å²) in [5.41, 5.74) is 1.10. The summed E-state index contributed by atoms with van der Waals surface area (Å²) in [6.45, 7) is 3.85. The molecule has 1 amide bonds. The lowest BCUT2D eigenvalue weighted by Crippen LogP contribution is -2.40. The van der Waals surface area contributed by atoms with Crippen LogP contribution in [-0.4, -0.2) is 48.7 Å². The quantitative estimate of drug-likeness (QED) is 0.812. The third-order valence-electron chi connectivity index (χ3n) is 4.40. The van der Waals surface area contributed by atoms with Gasteiger partial charge in [0.05, 0.1) is 13.2 Å². The van der Waals surface area contributed by atoms with Crippen LogP contribution >= 0.6 is 0 Å². The summed E-state index contributed by atoms with van der Waals surface area (Å²) in [6.07, 6.45) is 5.94. The van der Waals surface area contributed by atoms with Crippen LogP contribution in [0.25, 0.3) is 0 Å². The molecule has 112 valence electrons. The molecule has 1 aromatic rings. The minimum absolute atomic E-state index is 0.234. The lowest BCUT2D eigenvalue weighted by atomic mass is 10.1. The molecule has 0 radical (unpaired) electrons. The van der Waals surface area contributed by atoms with E-state index in [0.717, 1.165) is 62.6 Å². The number of carbonyl (C=O) groups is 1. The molecule has 6 nitrogen and oxygen atoms in total. The molecule has 0 unspecified atom stereocenters. The van der Waals surface area contributed by atoms with Crippen LogP contribution in [0.5, 0.6) is 0 Å². The highest BCUT2D eigenvalue weighted by Crippen LogP contribution is 2.35. The number of carbonyl (C=O) groups excluding carboxylic acids is 1. The van der Waals surface area contributed by atoms with Gasteiger partial charge in [0.2, 0.25) is 11.9 Å². The topological polar surface area (TPSA) is 58.6 Å². The van der Waals surface area contributed by atoms with Crippen LogP contribution < -0.4 is 9.80 Å². The molecule has 21 heavy (non-hydrogen) atoms. The molecule has 0 atom stereocenters. The summed E-state index contributed by atoms with van der Waals surface area (Å²) in [6, 6.07) is 0. The van der Waals surface area contributed by atoms with Gasteiger partial charge in [0, 0.05) is 37.3 Å². The second-order valence-corrected chi connectivity index (χ2v) is 5.99. The van der Waals surface area contributed by atoms with Gasteiger partial charge in [0.1, 0.15) is 5.82 Å². The van der Waals surface area contributed by atoms with Crippen LogP contribution in [-0.2, 0) is 16.0 Å². The largest absolute Gasteiger partial charge is 0.378 e. The van der Waals surface area contributed by atoms with Crippen LogP contribution in [0, 0.1) is 5.92 Å². The Morgan fingerprint density at radius 1 is 1.24 bits per heavy atom. The predicted octanol–water partition coefficient (Wildman–Crippen LogP) is 1.00. The molecule has 0 aromatic carbocycles. The van der Waals surface area contributed by atoms with Crippen LogP contribution in [0.15, 0.2) is 6.20 Å². The number of hydrogen-bond donors (Lipinski definition) is 0.